The summed E-state index contributed by atoms with van der Waals surface area (Å²) in [5.41, 5.74) is 1.43. The van der Waals surface area contributed by atoms with Gasteiger partial charge in [0.2, 0.25) is 5.91 Å². The van der Waals surface area contributed by atoms with Crippen molar-refractivity contribution >= 4 is 5.91 Å². The molecule has 0 bridgehead atoms. The van der Waals surface area contributed by atoms with Crippen molar-refractivity contribution in [2.24, 2.45) is 5.92 Å². The molecular weight excluding hydrogens is 298 g/mol. The van der Waals surface area contributed by atoms with Crippen LogP contribution in [0.5, 0.6) is 0 Å². The van der Waals surface area contributed by atoms with E-state index < -0.39 is 0 Å². The van der Waals surface area contributed by atoms with Gasteiger partial charge in [0.15, 0.2) is 0 Å². The number of carbonyl (C=O) groups is 1. The van der Waals surface area contributed by atoms with Crippen molar-refractivity contribution in [2.45, 2.75) is 32.7 Å². The van der Waals surface area contributed by atoms with E-state index >= 15 is 0 Å². The second kappa shape index (κ2) is 7.66. The van der Waals surface area contributed by atoms with Crippen LogP contribution in [-0.4, -0.2) is 72.5 Å². The van der Waals surface area contributed by atoms with E-state index in [9.17, 15) is 4.79 Å². The molecule has 0 saturated carbocycles. The molecule has 0 spiro atoms. The van der Waals surface area contributed by atoms with E-state index in [0.717, 1.165) is 32.7 Å². The van der Waals surface area contributed by atoms with E-state index in [1.54, 1.807) is 6.92 Å². The van der Waals surface area contributed by atoms with Crippen LogP contribution in [-0.2, 0) is 4.79 Å². The lowest BCUT2D eigenvalue weighted by Gasteiger charge is -2.39. The standard InChI is InChI=1S/C20H31N3O/c1-16(19-7-5-4-6-8-19)13-21-14-17(2)20(15-21)23-11-9-22(10-12-23)18(3)24/h4-8,16-17,20H,9-15H2,1-3H3/t16-,17+,20-/m1/s1. The van der Waals surface area contributed by atoms with Gasteiger partial charge < -0.3 is 9.80 Å². The summed E-state index contributed by atoms with van der Waals surface area (Å²) in [6.45, 7) is 13.7. The number of carbonyl (C=O) groups excluding carboxylic acids is 1. The Hall–Kier alpha value is -1.39. The first-order chi connectivity index (χ1) is 11.5. The number of nitrogens with zero attached hydrogens (tertiary/aromatic N) is 3. The third-order valence-electron chi connectivity index (χ3n) is 5.78. The fourth-order valence-electron chi connectivity index (χ4n) is 4.32. The van der Waals surface area contributed by atoms with Gasteiger partial charge in [0.1, 0.15) is 0 Å². The molecular formula is C20H31N3O. The molecule has 132 valence electrons. The highest BCUT2D eigenvalue weighted by Gasteiger charge is 2.35. The first kappa shape index (κ1) is 17.4. The van der Waals surface area contributed by atoms with Gasteiger partial charge in [0.05, 0.1) is 0 Å². The van der Waals surface area contributed by atoms with Gasteiger partial charge in [-0.15, -0.1) is 0 Å². The Morgan fingerprint density at radius 3 is 2.42 bits per heavy atom. The molecule has 24 heavy (non-hydrogen) atoms. The van der Waals surface area contributed by atoms with E-state index in [4.69, 9.17) is 0 Å². The quantitative estimate of drug-likeness (QED) is 0.848. The van der Waals surface area contributed by atoms with Gasteiger partial charge in [-0.2, -0.15) is 0 Å². The molecule has 4 heteroatoms. The number of amides is 1. The van der Waals surface area contributed by atoms with Crippen LogP contribution in [0.3, 0.4) is 0 Å². The summed E-state index contributed by atoms with van der Waals surface area (Å²) >= 11 is 0. The lowest BCUT2D eigenvalue weighted by atomic mass is 10.0. The normalized spacial score (nSPS) is 27.4. The smallest absolute Gasteiger partial charge is 0.219 e. The topological polar surface area (TPSA) is 26.8 Å². The fraction of sp³-hybridized carbons (Fsp3) is 0.650. The molecule has 2 heterocycles. The van der Waals surface area contributed by atoms with Crippen LogP contribution in [0, 0.1) is 5.92 Å². The summed E-state index contributed by atoms with van der Waals surface area (Å²) < 4.78 is 0. The molecule has 2 saturated heterocycles. The van der Waals surface area contributed by atoms with Crippen molar-refractivity contribution in [3.63, 3.8) is 0 Å². The van der Waals surface area contributed by atoms with Gasteiger partial charge in [-0.3, -0.25) is 9.69 Å². The van der Waals surface area contributed by atoms with E-state index in [0.29, 0.717) is 17.9 Å². The molecule has 1 aromatic rings. The van der Waals surface area contributed by atoms with Gasteiger partial charge in [-0.1, -0.05) is 44.2 Å². The maximum atomic E-state index is 11.5. The maximum absolute atomic E-state index is 11.5. The second-order valence-corrected chi connectivity index (χ2v) is 7.62. The summed E-state index contributed by atoms with van der Waals surface area (Å²) in [6.07, 6.45) is 0. The van der Waals surface area contributed by atoms with Crippen LogP contribution in [0.1, 0.15) is 32.3 Å². The zero-order valence-corrected chi connectivity index (χ0v) is 15.3. The molecule has 0 radical (unpaired) electrons. The average Bonchev–Trinajstić information content (AvgIpc) is 2.96. The Bertz CT molecular complexity index is 539. The molecule has 4 nitrogen and oxygen atoms in total. The summed E-state index contributed by atoms with van der Waals surface area (Å²) in [7, 11) is 0. The van der Waals surface area contributed by atoms with Crippen LogP contribution in [0.25, 0.3) is 0 Å². The van der Waals surface area contributed by atoms with Gasteiger partial charge in [0.25, 0.3) is 0 Å². The molecule has 1 amide bonds. The van der Waals surface area contributed by atoms with Crippen molar-refractivity contribution in [1.29, 1.82) is 0 Å². The average molecular weight is 329 g/mol. The first-order valence-electron chi connectivity index (χ1n) is 9.31. The maximum Gasteiger partial charge on any atom is 0.219 e. The van der Waals surface area contributed by atoms with Crippen molar-refractivity contribution in [2.75, 3.05) is 45.8 Å². The summed E-state index contributed by atoms with van der Waals surface area (Å²) in [4.78, 5) is 18.7. The number of likely N-dealkylation sites (tertiary alicyclic amines) is 1. The summed E-state index contributed by atoms with van der Waals surface area (Å²) in [6, 6.07) is 11.5. The Labute approximate surface area is 146 Å². The highest BCUT2D eigenvalue weighted by Crippen LogP contribution is 2.26. The molecule has 0 unspecified atom stereocenters. The molecule has 2 aliphatic rings. The number of piperazine rings is 1. The Balaban J connectivity index is 1.52. The van der Waals surface area contributed by atoms with Gasteiger partial charge >= 0.3 is 0 Å². The van der Waals surface area contributed by atoms with Crippen LogP contribution in [0.2, 0.25) is 0 Å². The zero-order valence-electron chi connectivity index (χ0n) is 15.3. The highest BCUT2D eigenvalue weighted by atomic mass is 16.2. The lowest BCUT2D eigenvalue weighted by Crippen LogP contribution is -2.53. The van der Waals surface area contributed by atoms with Gasteiger partial charge in [0, 0.05) is 58.8 Å². The highest BCUT2D eigenvalue weighted by molar-refractivity contribution is 5.73. The SMILES string of the molecule is CC(=O)N1CCN([C@@H]2CN(C[C@@H](C)c3ccccc3)C[C@@H]2C)CC1. The van der Waals surface area contributed by atoms with Gasteiger partial charge in [-0.05, 0) is 17.4 Å². The Morgan fingerprint density at radius 2 is 1.79 bits per heavy atom. The largest absolute Gasteiger partial charge is 0.340 e. The predicted molar refractivity (Wildman–Crippen MR) is 98.1 cm³/mol. The molecule has 0 N–H and O–H groups in total. The molecule has 3 atom stereocenters. The summed E-state index contributed by atoms with van der Waals surface area (Å²) in [5.74, 6) is 1.50. The lowest BCUT2D eigenvalue weighted by molar-refractivity contribution is -0.130. The van der Waals surface area contributed by atoms with Crippen LogP contribution in [0.4, 0.5) is 0 Å². The predicted octanol–water partition coefficient (Wildman–Crippen LogP) is 2.27. The minimum atomic E-state index is 0.215. The van der Waals surface area contributed by atoms with E-state index in [1.165, 1.54) is 18.7 Å². The second-order valence-electron chi connectivity index (χ2n) is 7.62. The Morgan fingerprint density at radius 1 is 1.12 bits per heavy atom. The molecule has 3 rings (SSSR count). The minimum absolute atomic E-state index is 0.215. The van der Waals surface area contributed by atoms with E-state index in [1.807, 2.05) is 4.90 Å². The van der Waals surface area contributed by atoms with Crippen molar-refractivity contribution in [1.82, 2.24) is 14.7 Å². The fourth-order valence-corrected chi connectivity index (χ4v) is 4.32. The van der Waals surface area contributed by atoms with Crippen molar-refractivity contribution in [3.8, 4) is 0 Å². The number of benzene rings is 1. The zero-order chi connectivity index (χ0) is 17.1. The van der Waals surface area contributed by atoms with Crippen molar-refractivity contribution < 1.29 is 4.79 Å². The van der Waals surface area contributed by atoms with Crippen LogP contribution >= 0.6 is 0 Å². The van der Waals surface area contributed by atoms with E-state index in [2.05, 4.69) is 54.0 Å². The third kappa shape index (κ3) is 3.98. The van der Waals surface area contributed by atoms with Gasteiger partial charge in [-0.25, -0.2) is 0 Å². The monoisotopic (exact) mass is 329 g/mol. The molecule has 0 aromatic heterocycles. The third-order valence-corrected chi connectivity index (χ3v) is 5.78. The van der Waals surface area contributed by atoms with Crippen LogP contribution in [0.15, 0.2) is 30.3 Å². The molecule has 0 aliphatic carbocycles. The number of hydrogen-bond donors (Lipinski definition) is 0. The van der Waals surface area contributed by atoms with Crippen LogP contribution < -0.4 is 0 Å². The number of hydrogen-bond acceptors (Lipinski definition) is 3. The molecule has 1 aromatic carbocycles. The molecule has 2 aliphatic heterocycles. The first-order valence-corrected chi connectivity index (χ1v) is 9.31. The molecule has 2 fully saturated rings. The van der Waals surface area contributed by atoms with Crippen molar-refractivity contribution in [3.05, 3.63) is 35.9 Å². The number of rotatable bonds is 4. The summed E-state index contributed by atoms with van der Waals surface area (Å²) in [5, 5.41) is 0. The van der Waals surface area contributed by atoms with E-state index in [-0.39, 0.29) is 5.91 Å². The minimum Gasteiger partial charge on any atom is -0.340 e. The Kier molecular flexibility index (Phi) is 5.57.